The van der Waals surface area contributed by atoms with Gasteiger partial charge in [-0.2, -0.15) is 0 Å². The number of ether oxygens (including phenoxy) is 1. The van der Waals surface area contributed by atoms with Crippen molar-refractivity contribution in [2.75, 3.05) is 20.3 Å². The van der Waals surface area contributed by atoms with Gasteiger partial charge in [0.2, 0.25) is 0 Å². The summed E-state index contributed by atoms with van der Waals surface area (Å²) in [6.07, 6.45) is 13.9. The maximum absolute atomic E-state index is 12.1. The van der Waals surface area contributed by atoms with Crippen molar-refractivity contribution in [2.24, 2.45) is 51.2 Å². The summed E-state index contributed by atoms with van der Waals surface area (Å²) >= 11 is 0. The monoisotopic (exact) mass is 587 g/mol. The van der Waals surface area contributed by atoms with Gasteiger partial charge in [-0.1, -0.05) is 65.0 Å². The van der Waals surface area contributed by atoms with Crippen molar-refractivity contribution in [2.45, 2.75) is 105 Å². The smallest absolute Gasteiger partial charge is 0.337 e. The summed E-state index contributed by atoms with van der Waals surface area (Å²) < 4.78 is 4.94. The fourth-order valence-corrected chi connectivity index (χ4v) is 12.8. The number of benzene rings is 1. The van der Waals surface area contributed by atoms with Crippen molar-refractivity contribution in [1.82, 2.24) is 5.32 Å². The number of hydrogen-bond donors (Lipinski definition) is 2. The zero-order chi connectivity index (χ0) is 31.0. The Morgan fingerprint density at radius 2 is 1.67 bits per heavy atom. The van der Waals surface area contributed by atoms with Gasteiger partial charge in [-0.05, 0) is 139 Å². The van der Waals surface area contributed by atoms with Gasteiger partial charge in [0.1, 0.15) is 0 Å². The number of rotatable bonds is 6. The highest BCUT2D eigenvalue weighted by Gasteiger charge is 2.70. The number of aliphatic hydroxyl groups excluding tert-OH is 1. The van der Waals surface area contributed by atoms with Crippen molar-refractivity contribution >= 4 is 11.5 Å². The Morgan fingerprint density at radius 1 is 0.953 bits per heavy atom. The number of allylic oxidation sites excluding steroid dienone is 3. The Hall–Kier alpha value is -1.91. The molecule has 0 bridgehead atoms. The number of carbonyl (C=O) groups is 1. The van der Waals surface area contributed by atoms with Gasteiger partial charge in [0.15, 0.2) is 0 Å². The Kier molecular flexibility index (Phi) is 7.65. The van der Waals surface area contributed by atoms with Crippen LogP contribution in [0.3, 0.4) is 0 Å². The van der Waals surface area contributed by atoms with Gasteiger partial charge in [-0.3, -0.25) is 0 Å². The number of hydrogen-bond acceptors (Lipinski definition) is 4. The Balaban J connectivity index is 1.34. The first-order valence-electron chi connectivity index (χ1n) is 17.2. The first-order valence-corrected chi connectivity index (χ1v) is 17.2. The minimum atomic E-state index is -0.275. The van der Waals surface area contributed by atoms with Gasteiger partial charge in [0.05, 0.1) is 19.3 Å². The molecule has 6 rings (SSSR count). The molecule has 0 heterocycles. The van der Waals surface area contributed by atoms with E-state index in [9.17, 15) is 9.90 Å². The van der Waals surface area contributed by atoms with Crippen molar-refractivity contribution < 1.29 is 14.6 Å². The van der Waals surface area contributed by atoms with Crippen LogP contribution in [0.15, 0.2) is 42.5 Å². The molecule has 0 saturated heterocycles. The maximum Gasteiger partial charge on any atom is 0.337 e. The number of β-amino-alcohol motifs (C(OH)–C–C–N with tert-alkyl or cyclic N) is 1. The molecular formula is C39H57NO3. The van der Waals surface area contributed by atoms with E-state index in [1.165, 1.54) is 75.2 Å². The summed E-state index contributed by atoms with van der Waals surface area (Å²) in [5, 5.41) is 13.7. The van der Waals surface area contributed by atoms with E-state index in [-0.39, 0.29) is 28.9 Å². The fraction of sp³-hybridized carbons (Fsp3) is 0.718. The molecule has 0 aromatic heterocycles. The topological polar surface area (TPSA) is 58.6 Å². The molecule has 43 heavy (non-hydrogen) atoms. The number of nitrogens with one attached hydrogen (secondary N) is 1. The predicted octanol–water partition coefficient (Wildman–Crippen LogP) is 8.46. The number of methoxy groups -OCH3 is 1. The Morgan fingerprint density at radius 3 is 2.33 bits per heavy atom. The minimum Gasteiger partial charge on any atom is -0.465 e. The molecule has 5 aliphatic rings. The standard InChI is InChI=1S/C39H57NO3/c1-25(2)28-15-20-39(40-23-24-41)22-21-37(6)30(33(28)39)13-14-32-36(5)18-16-29(26-9-11-27(12-10-26)34(42)43-8)35(3,4)31(36)17-19-38(32,37)7/h9-12,16,28,30-33,40-41H,1,13-15,17-24H2,2-8H3/t28-,30+,31-,32+,33+,36-,37+,38+,39-/m0/s1. The van der Waals surface area contributed by atoms with E-state index in [1.807, 2.05) is 12.1 Å². The van der Waals surface area contributed by atoms with Crippen molar-refractivity contribution in [3.8, 4) is 0 Å². The zero-order valence-corrected chi connectivity index (χ0v) is 28.0. The first kappa shape index (κ1) is 31.1. The third-order valence-corrected chi connectivity index (χ3v) is 14.9. The van der Waals surface area contributed by atoms with E-state index in [4.69, 9.17) is 4.74 Å². The van der Waals surface area contributed by atoms with E-state index < -0.39 is 0 Å². The molecule has 0 unspecified atom stereocenters. The Bertz CT molecular complexity index is 1300. The second-order valence-electron chi connectivity index (χ2n) is 16.6. The van der Waals surface area contributed by atoms with Gasteiger partial charge in [-0.15, -0.1) is 0 Å². The normalized spacial score (nSPS) is 43.0. The molecule has 0 spiro atoms. The van der Waals surface area contributed by atoms with Gasteiger partial charge in [0, 0.05) is 12.1 Å². The second-order valence-corrected chi connectivity index (χ2v) is 16.6. The van der Waals surface area contributed by atoms with Crippen LogP contribution in [0, 0.1) is 51.2 Å². The SMILES string of the molecule is C=C(C)[C@@H]1CC[C@]2(NCCO)CC[C@]3(C)[C@H](CC[C@@H]4[C@@]5(C)CC=C(c6ccc(C(=O)OC)cc6)C(C)(C)[C@@H]5CC[C@]43C)[C@@H]12. The molecule has 5 aliphatic carbocycles. The molecule has 0 aliphatic heterocycles. The molecular weight excluding hydrogens is 530 g/mol. The lowest BCUT2D eigenvalue weighted by atomic mass is 9.33. The zero-order valence-electron chi connectivity index (χ0n) is 28.0. The lowest BCUT2D eigenvalue weighted by Crippen LogP contribution is -2.68. The molecule has 236 valence electrons. The highest BCUT2D eigenvalue weighted by molar-refractivity contribution is 5.89. The highest BCUT2D eigenvalue weighted by atomic mass is 16.5. The van der Waals surface area contributed by atoms with Crippen LogP contribution in [0.4, 0.5) is 0 Å². The van der Waals surface area contributed by atoms with Gasteiger partial charge < -0.3 is 15.2 Å². The quantitative estimate of drug-likeness (QED) is 0.259. The molecule has 4 heteroatoms. The molecule has 2 N–H and O–H groups in total. The van der Waals surface area contributed by atoms with Crippen LogP contribution in [0.25, 0.3) is 5.57 Å². The van der Waals surface area contributed by atoms with Crippen LogP contribution in [0.5, 0.6) is 0 Å². The summed E-state index contributed by atoms with van der Waals surface area (Å²) in [5.41, 5.74) is 5.80. The molecule has 1 aromatic carbocycles. The summed E-state index contributed by atoms with van der Waals surface area (Å²) in [6, 6.07) is 8.10. The largest absolute Gasteiger partial charge is 0.465 e. The number of carbonyl (C=O) groups excluding carboxylic acids is 1. The fourth-order valence-electron chi connectivity index (χ4n) is 12.8. The summed E-state index contributed by atoms with van der Waals surface area (Å²) in [6.45, 7) is 20.8. The number of aliphatic hydroxyl groups is 1. The Labute approximate surface area is 261 Å². The summed E-state index contributed by atoms with van der Waals surface area (Å²) in [5.74, 6) is 2.98. The lowest BCUT2D eigenvalue weighted by Gasteiger charge is -2.72. The van der Waals surface area contributed by atoms with Crippen LogP contribution >= 0.6 is 0 Å². The third-order valence-electron chi connectivity index (χ3n) is 14.9. The molecule has 4 saturated carbocycles. The number of esters is 1. The third kappa shape index (κ3) is 4.32. The van der Waals surface area contributed by atoms with Gasteiger partial charge in [-0.25, -0.2) is 4.79 Å². The predicted molar refractivity (Wildman–Crippen MR) is 175 cm³/mol. The molecule has 0 radical (unpaired) electrons. The van der Waals surface area contributed by atoms with Crippen LogP contribution in [-0.4, -0.2) is 36.9 Å². The van der Waals surface area contributed by atoms with Gasteiger partial charge in [0.25, 0.3) is 0 Å². The van der Waals surface area contributed by atoms with E-state index >= 15 is 0 Å². The number of fused-ring (bicyclic) bond motifs is 7. The molecule has 0 amide bonds. The van der Waals surface area contributed by atoms with Crippen LogP contribution in [0.1, 0.15) is 115 Å². The maximum atomic E-state index is 12.1. The molecule has 4 fully saturated rings. The second kappa shape index (κ2) is 10.6. The lowest BCUT2D eigenvalue weighted by molar-refractivity contribution is -0.219. The van der Waals surface area contributed by atoms with Crippen molar-refractivity contribution in [3.63, 3.8) is 0 Å². The summed E-state index contributed by atoms with van der Waals surface area (Å²) in [4.78, 5) is 12.1. The minimum absolute atomic E-state index is 0.0608. The van der Waals surface area contributed by atoms with Crippen molar-refractivity contribution in [3.05, 3.63) is 53.6 Å². The average Bonchev–Trinajstić information content (AvgIpc) is 3.36. The molecule has 4 nitrogen and oxygen atoms in total. The van der Waals surface area contributed by atoms with Crippen molar-refractivity contribution in [1.29, 1.82) is 0 Å². The molecule has 9 atom stereocenters. The van der Waals surface area contributed by atoms with E-state index in [0.29, 0.717) is 52.5 Å². The highest BCUT2D eigenvalue weighted by Crippen LogP contribution is 2.76. The van der Waals surface area contributed by atoms with Gasteiger partial charge >= 0.3 is 5.97 Å². The van der Waals surface area contributed by atoms with Crippen LogP contribution in [0.2, 0.25) is 0 Å². The van der Waals surface area contributed by atoms with E-state index in [0.717, 1.165) is 6.42 Å². The van der Waals surface area contributed by atoms with E-state index in [2.05, 4.69) is 71.6 Å². The molecule has 1 aromatic rings. The van der Waals surface area contributed by atoms with Crippen LogP contribution in [-0.2, 0) is 4.74 Å². The summed E-state index contributed by atoms with van der Waals surface area (Å²) in [7, 11) is 1.44. The van der Waals surface area contributed by atoms with E-state index in [1.54, 1.807) is 0 Å². The first-order chi connectivity index (χ1) is 20.3. The van der Waals surface area contributed by atoms with Crippen LogP contribution < -0.4 is 5.32 Å². The average molecular weight is 588 g/mol.